The minimum atomic E-state index is -3.72. The van der Waals surface area contributed by atoms with Crippen LogP contribution in [-0.4, -0.2) is 44.8 Å². The highest BCUT2D eigenvalue weighted by atomic mass is 32.2. The van der Waals surface area contributed by atoms with Crippen LogP contribution in [0.4, 0.5) is 0 Å². The molecule has 156 valence electrons. The number of nitrogens with one attached hydrogen (secondary N) is 1. The Labute approximate surface area is 173 Å². The Morgan fingerprint density at radius 2 is 1.83 bits per heavy atom. The fourth-order valence-corrected chi connectivity index (χ4v) is 4.79. The van der Waals surface area contributed by atoms with Crippen molar-refractivity contribution in [2.45, 2.75) is 23.6 Å². The first-order valence-electron chi connectivity index (χ1n) is 9.18. The molecule has 0 atom stereocenters. The fraction of sp³-hybridized carbons (Fsp3) is 0.368. The quantitative estimate of drug-likeness (QED) is 0.677. The highest BCUT2D eigenvalue weighted by Gasteiger charge is 2.27. The summed E-state index contributed by atoms with van der Waals surface area (Å²) in [5, 5.41) is 7.92. The van der Waals surface area contributed by atoms with Crippen LogP contribution in [0.1, 0.15) is 17.7 Å². The Morgan fingerprint density at radius 3 is 2.45 bits per heavy atom. The van der Waals surface area contributed by atoms with E-state index >= 15 is 0 Å². The first-order valence-corrected chi connectivity index (χ1v) is 11.5. The maximum absolute atomic E-state index is 12.4. The van der Waals surface area contributed by atoms with Crippen LogP contribution >= 0.6 is 11.3 Å². The van der Waals surface area contributed by atoms with E-state index in [1.807, 2.05) is 18.2 Å². The van der Waals surface area contributed by atoms with Crippen LogP contribution in [-0.2, 0) is 26.2 Å². The standard InChI is InChI=1S/C19H23N3O5S2/c20-29(25,26)18-7-6-16(28-18)12-21-19(24)14-8-10-22(11-9-14)17(23)13-27-15-4-2-1-3-5-15/h1-7,14H,8-13H2,(H,21,24)(H2,20,25,26). The zero-order valence-electron chi connectivity index (χ0n) is 15.7. The first-order chi connectivity index (χ1) is 13.8. The number of nitrogens with two attached hydrogens (primary N) is 1. The van der Waals surface area contributed by atoms with Crippen LogP contribution < -0.4 is 15.2 Å². The Bertz CT molecular complexity index is 951. The molecule has 0 bridgehead atoms. The number of nitrogens with zero attached hydrogens (tertiary/aromatic N) is 1. The number of rotatable bonds is 7. The lowest BCUT2D eigenvalue weighted by molar-refractivity contribution is -0.137. The lowest BCUT2D eigenvalue weighted by atomic mass is 9.96. The van der Waals surface area contributed by atoms with Crippen molar-refractivity contribution < 1.29 is 22.7 Å². The van der Waals surface area contributed by atoms with E-state index in [9.17, 15) is 18.0 Å². The van der Waals surface area contributed by atoms with Crippen molar-refractivity contribution >= 4 is 33.2 Å². The van der Waals surface area contributed by atoms with Gasteiger partial charge in [0, 0.05) is 23.9 Å². The Hall–Kier alpha value is -2.43. The van der Waals surface area contributed by atoms with Crippen LogP contribution in [0.15, 0.2) is 46.7 Å². The summed E-state index contributed by atoms with van der Waals surface area (Å²) in [6.45, 7) is 1.24. The molecule has 0 unspecified atom stereocenters. The van der Waals surface area contributed by atoms with Crippen LogP contribution in [0.5, 0.6) is 5.75 Å². The van der Waals surface area contributed by atoms with E-state index in [2.05, 4.69) is 5.32 Å². The average Bonchev–Trinajstić information content (AvgIpc) is 3.21. The Balaban J connectivity index is 1.41. The SMILES string of the molecule is NS(=O)(=O)c1ccc(CNC(=O)C2CCN(C(=O)COc3ccccc3)CC2)s1. The topological polar surface area (TPSA) is 119 Å². The van der Waals surface area contributed by atoms with Gasteiger partial charge in [0.1, 0.15) is 9.96 Å². The van der Waals surface area contributed by atoms with Crippen molar-refractivity contribution in [3.05, 3.63) is 47.3 Å². The van der Waals surface area contributed by atoms with Gasteiger partial charge in [-0.1, -0.05) is 18.2 Å². The van der Waals surface area contributed by atoms with E-state index in [0.29, 0.717) is 36.6 Å². The lowest BCUT2D eigenvalue weighted by Crippen LogP contribution is -2.44. The van der Waals surface area contributed by atoms with Gasteiger partial charge in [0.15, 0.2) is 6.61 Å². The van der Waals surface area contributed by atoms with Gasteiger partial charge in [0.05, 0.1) is 6.54 Å². The summed E-state index contributed by atoms with van der Waals surface area (Å²) in [5.74, 6) is 0.283. The summed E-state index contributed by atoms with van der Waals surface area (Å²) in [6.07, 6.45) is 1.16. The molecule has 1 fully saturated rings. The molecule has 1 aromatic carbocycles. The lowest BCUT2D eigenvalue weighted by Gasteiger charge is -2.31. The molecule has 8 nitrogen and oxygen atoms in total. The number of piperidine rings is 1. The van der Waals surface area contributed by atoms with Crippen molar-refractivity contribution in [2.75, 3.05) is 19.7 Å². The molecule has 2 heterocycles. The molecule has 0 aliphatic carbocycles. The molecule has 1 aromatic heterocycles. The Kier molecular flexibility index (Phi) is 6.88. The number of sulfonamides is 1. The normalized spacial score (nSPS) is 15.1. The Morgan fingerprint density at radius 1 is 1.14 bits per heavy atom. The molecule has 3 rings (SSSR count). The third-order valence-corrected chi connectivity index (χ3v) is 7.20. The number of carbonyl (C=O) groups is 2. The number of thiophene rings is 1. The number of primary sulfonamides is 1. The van der Waals surface area contributed by atoms with Crippen molar-refractivity contribution in [1.29, 1.82) is 0 Å². The van der Waals surface area contributed by atoms with Crippen LogP contribution in [0, 0.1) is 5.92 Å². The monoisotopic (exact) mass is 437 g/mol. The summed E-state index contributed by atoms with van der Waals surface area (Å²) < 4.78 is 28.2. The minimum Gasteiger partial charge on any atom is -0.484 e. The molecule has 0 spiro atoms. The van der Waals surface area contributed by atoms with Gasteiger partial charge in [-0.3, -0.25) is 9.59 Å². The van der Waals surface area contributed by atoms with E-state index in [1.54, 1.807) is 23.1 Å². The van der Waals surface area contributed by atoms with Gasteiger partial charge < -0.3 is 15.0 Å². The van der Waals surface area contributed by atoms with Crippen molar-refractivity contribution in [3.63, 3.8) is 0 Å². The summed E-state index contributed by atoms with van der Waals surface area (Å²) in [4.78, 5) is 27.1. The van der Waals surface area contributed by atoms with E-state index in [4.69, 9.17) is 9.88 Å². The fourth-order valence-electron chi connectivity index (χ4n) is 3.07. The predicted octanol–water partition coefficient (Wildman–Crippen LogP) is 1.33. The van der Waals surface area contributed by atoms with Gasteiger partial charge >= 0.3 is 0 Å². The van der Waals surface area contributed by atoms with E-state index in [0.717, 1.165) is 11.3 Å². The highest BCUT2D eigenvalue weighted by molar-refractivity contribution is 7.91. The zero-order valence-corrected chi connectivity index (χ0v) is 17.4. The molecule has 3 N–H and O–H groups in total. The molecule has 0 saturated carbocycles. The number of carbonyl (C=O) groups excluding carboxylic acids is 2. The maximum Gasteiger partial charge on any atom is 0.260 e. The van der Waals surface area contributed by atoms with Gasteiger partial charge in [-0.2, -0.15) is 0 Å². The molecule has 2 amide bonds. The first kappa shape index (κ1) is 21.3. The molecular weight excluding hydrogens is 414 g/mol. The van der Waals surface area contributed by atoms with Crippen LogP contribution in [0.25, 0.3) is 0 Å². The molecule has 1 saturated heterocycles. The van der Waals surface area contributed by atoms with Crippen LogP contribution in [0.2, 0.25) is 0 Å². The van der Waals surface area contributed by atoms with Crippen molar-refractivity contribution in [2.24, 2.45) is 11.1 Å². The summed E-state index contributed by atoms with van der Waals surface area (Å²) in [7, 11) is -3.72. The van der Waals surface area contributed by atoms with Gasteiger partial charge in [-0.25, -0.2) is 13.6 Å². The number of ether oxygens (including phenoxy) is 1. The number of likely N-dealkylation sites (tertiary alicyclic amines) is 1. The third kappa shape index (κ3) is 6.02. The number of hydrogen-bond donors (Lipinski definition) is 2. The molecule has 10 heteroatoms. The van der Waals surface area contributed by atoms with E-state index < -0.39 is 10.0 Å². The third-order valence-electron chi connectivity index (χ3n) is 4.68. The summed E-state index contributed by atoms with van der Waals surface area (Å²) in [5.41, 5.74) is 0. The summed E-state index contributed by atoms with van der Waals surface area (Å²) >= 11 is 1.04. The average molecular weight is 438 g/mol. The predicted molar refractivity (Wildman–Crippen MR) is 109 cm³/mol. The number of hydrogen-bond acceptors (Lipinski definition) is 6. The van der Waals surface area contributed by atoms with E-state index in [-0.39, 0.29) is 35.1 Å². The van der Waals surface area contributed by atoms with Gasteiger partial charge in [-0.15, -0.1) is 11.3 Å². The molecular formula is C19H23N3O5S2. The van der Waals surface area contributed by atoms with Crippen molar-refractivity contribution in [1.82, 2.24) is 10.2 Å². The second kappa shape index (κ2) is 9.38. The van der Waals surface area contributed by atoms with E-state index in [1.165, 1.54) is 6.07 Å². The van der Waals surface area contributed by atoms with Crippen molar-refractivity contribution in [3.8, 4) is 5.75 Å². The summed E-state index contributed by atoms with van der Waals surface area (Å²) in [6, 6.07) is 12.2. The van der Waals surface area contributed by atoms with Gasteiger partial charge in [-0.05, 0) is 37.1 Å². The minimum absolute atomic E-state index is 0.0222. The zero-order chi connectivity index (χ0) is 20.9. The molecule has 29 heavy (non-hydrogen) atoms. The largest absolute Gasteiger partial charge is 0.484 e. The smallest absolute Gasteiger partial charge is 0.260 e. The molecule has 1 aliphatic heterocycles. The molecule has 2 aromatic rings. The van der Waals surface area contributed by atoms with Gasteiger partial charge in [0.25, 0.3) is 5.91 Å². The highest BCUT2D eigenvalue weighted by Crippen LogP contribution is 2.21. The second-order valence-corrected chi connectivity index (χ2v) is 9.70. The van der Waals surface area contributed by atoms with Gasteiger partial charge in [0.2, 0.25) is 15.9 Å². The number of para-hydroxylation sites is 1. The molecule has 0 radical (unpaired) electrons. The maximum atomic E-state index is 12.4. The van der Waals surface area contributed by atoms with Crippen LogP contribution in [0.3, 0.4) is 0 Å². The second-order valence-electron chi connectivity index (χ2n) is 6.74. The number of amides is 2. The molecule has 1 aliphatic rings. The number of benzene rings is 1.